The Morgan fingerprint density at radius 3 is 2.44 bits per heavy atom. The van der Waals surface area contributed by atoms with Crippen molar-refractivity contribution in [1.82, 2.24) is 4.90 Å². The van der Waals surface area contributed by atoms with Gasteiger partial charge in [0.2, 0.25) is 5.91 Å². The summed E-state index contributed by atoms with van der Waals surface area (Å²) in [5.41, 5.74) is 5.77. The predicted octanol–water partition coefficient (Wildman–Crippen LogP) is 5.23. The third-order valence-electron chi connectivity index (χ3n) is 6.24. The summed E-state index contributed by atoms with van der Waals surface area (Å²) in [5, 5.41) is 5.90. The van der Waals surface area contributed by atoms with Crippen LogP contribution in [0.2, 0.25) is 5.02 Å². The van der Waals surface area contributed by atoms with Crippen LogP contribution < -0.4 is 10.2 Å². The van der Waals surface area contributed by atoms with Gasteiger partial charge in [-0.3, -0.25) is 9.69 Å². The number of ether oxygens (including phenoxy) is 1. The minimum atomic E-state index is -0.483. The fourth-order valence-corrected chi connectivity index (χ4v) is 5.29. The molecule has 2 aromatic carbocycles. The monoisotopic (exact) mass is 497 g/mol. The van der Waals surface area contributed by atoms with Crippen molar-refractivity contribution >= 4 is 45.5 Å². The number of anilines is 2. The van der Waals surface area contributed by atoms with Crippen molar-refractivity contribution in [3.63, 3.8) is 0 Å². The number of thiophene rings is 1. The van der Waals surface area contributed by atoms with Crippen molar-refractivity contribution < 1.29 is 14.3 Å². The van der Waals surface area contributed by atoms with Crippen LogP contribution >= 0.6 is 22.9 Å². The summed E-state index contributed by atoms with van der Waals surface area (Å²) in [6, 6.07) is 13.6. The molecule has 0 aliphatic carbocycles. The lowest BCUT2D eigenvalue weighted by Gasteiger charge is -2.36. The summed E-state index contributed by atoms with van der Waals surface area (Å²) < 4.78 is 5.00. The molecule has 2 heterocycles. The first-order valence-electron chi connectivity index (χ1n) is 11.2. The number of piperazine rings is 1. The molecule has 6 nitrogen and oxygen atoms in total. The van der Waals surface area contributed by atoms with Gasteiger partial charge in [-0.2, -0.15) is 0 Å². The minimum Gasteiger partial charge on any atom is -0.465 e. The number of methoxy groups -OCH3 is 1. The van der Waals surface area contributed by atoms with Crippen LogP contribution in [0.5, 0.6) is 0 Å². The quantitative estimate of drug-likeness (QED) is 0.472. The Kier molecular flexibility index (Phi) is 7.56. The molecule has 1 aliphatic heterocycles. The molecule has 178 valence electrons. The molecule has 1 amide bonds. The lowest BCUT2D eigenvalue weighted by Crippen LogP contribution is -2.48. The van der Waals surface area contributed by atoms with Gasteiger partial charge in [0.15, 0.2) is 0 Å². The second kappa shape index (κ2) is 10.6. The second-order valence-corrected chi connectivity index (χ2v) is 9.70. The number of esters is 1. The zero-order valence-electron chi connectivity index (χ0n) is 19.6. The van der Waals surface area contributed by atoms with Crippen LogP contribution in [0.4, 0.5) is 10.7 Å². The number of carbonyl (C=O) groups is 2. The van der Waals surface area contributed by atoms with Gasteiger partial charge < -0.3 is 15.0 Å². The topological polar surface area (TPSA) is 61.9 Å². The number of nitrogens with zero attached hydrogens (tertiary/aromatic N) is 2. The Morgan fingerprint density at radius 1 is 1.06 bits per heavy atom. The smallest absolute Gasteiger partial charge is 0.341 e. The van der Waals surface area contributed by atoms with Crippen LogP contribution in [0.3, 0.4) is 0 Å². The van der Waals surface area contributed by atoms with Crippen LogP contribution in [-0.4, -0.2) is 56.6 Å². The minimum absolute atomic E-state index is 0.144. The molecule has 4 rings (SSSR count). The highest BCUT2D eigenvalue weighted by molar-refractivity contribution is 7.15. The SMILES string of the molecule is COC(=O)c1c(-c2ccc(Cl)cc2)csc1NC(=O)CN1CCN(c2cccc(C)c2C)CC1. The fourth-order valence-electron chi connectivity index (χ4n) is 4.19. The molecule has 34 heavy (non-hydrogen) atoms. The van der Waals surface area contributed by atoms with E-state index in [1.807, 2.05) is 17.5 Å². The molecule has 1 aliphatic rings. The van der Waals surface area contributed by atoms with Crippen molar-refractivity contribution in [3.8, 4) is 11.1 Å². The Hall–Kier alpha value is -2.87. The third-order valence-corrected chi connectivity index (χ3v) is 7.39. The van der Waals surface area contributed by atoms with Crippen molar-refractivity contribution in [2.24, 2.45) is 0 Å². The van der Waals surface area contributed by atoms with E-state index < -0.39 is 5.97 Å². The maximum Gasteiger partial charge on any atom is 0.341 e. The van der Waals surface area contributed by atoms with Gasteiger partial charge in [0.1, 0.15) is 10.6 Å². The normalized spacial score (nSPS) is 14.2. The molecule has 0 radical (unpaired) electrons. The Balaban J connectivity index is 1.41. The van der Waals surface area contributed by atoms with E-state index in [1.165, 1.54) is 35.3 Å². The van der Waals surface area contributed by atoms with Gasteiger partial charge in [0.05, 0.1) is 13.7 Å². The van der Waals surface area contributed by atoms with E-state index in [4.69, 9.17) is 16.3 Å². The Morgan fingerprint density at radius 2 is 1.76 bits per heavy atom. The molecular weight excluding hydrogens is 470 g/mol. The standard InChI is InChI=1S/C26H28ClN3O3S/c1-17-5-4-6-22(18(17)2)30-13-11-29(12-14-30)15-23(31)28-25-24(26(32)33-3)21(16-34-25)19-7-9-20(27)10-8-19/h4-10,16H,11-15H2,1-3H3,(H,28,31). The van der Waals surface area contributed by atoms with E-state index >= 15 is 0 Å². The van der Waals surface area contributed by atoms with Gasteiger partial charge in [-0.1, -0.05) is 35.9 Å². The highest BCUT2D eigenvalue weighted by atomic mass is 35.5. The van der Waals surface area contributed by atoms with Gasteiger partial charge >= 0.3 is 5.97 Å². The largest absolute Gasteiger partial charge is 0.465 e. The molecule has 8 heteroatoms. The van der Waals surface area contributed by atoms with E-state index in [-0.39, 0.29) is 12.5 Å². The van der Waals surface area contributed by atoms with Crippen LogP contribution in [0.1, 0.15) is 21.5 Å². The lowest BCUT2D eigenvalue weighted by molar-refractivity contribution is -0.117. The van der Waals surface area contributed by atoms with Gasteiger partial charge in [-0.05, 0) is 48.7 Å². The fraction of sp³-hybridized carbons (Fsp3) is 0.308. The maximum atomic E-state index is 12.9. The molecule has 0 saturated carbocycles. The predicted molar refractivity (Wildman–Crippen MR) is 139 cm³/mol. The molecule has 1 aromatic heterocycles. The number of nitrogens with one attached hydrogen (secondary N) is 1. The summed E-state index contributed by atoms with van der Waals surface area (Å²) in [4.78, 5) is 29.9. The molecule has 0 atom stereocenters. The van der Waals surface area contributed by atoms with E-state index in [1.54, 1.807) is 12.1 Å². The molecule has 1 saturated heterocycles. The van der Waals surface area contributed by atoms with Crippen LogP contribution in [0, 0.1) is 13.8 Å². The summed E-state index contributed by atoms with van der Waals surface area (Å²) in [7, 11) is 1.34. The lowest BCUT2D eigenvalue weighted by atomic mass is 10.0. The maximum absolute atomic E-state index is 12.9. The van der Waals surface area contributed by atoms with E-state index in [2.05, 4.69) is 47.2 Å². The van der Waals surface area contributed by atoms with E-state index in [0.29, 0.717) is 21.2 Å². The van der Waals surface area contributed by atoms with Crippen LogP contribution in [0.25, 0.3) is 11.1 Å². The molecule has 0 bridgehead atoms. The summed E-state index contributed by atoms with van der Waals surface area (Å²) >= 11 is 7.32. The molecule has 1 fully saturated rings. The number of carbonyl (C=O) groups excluding carboxylic acids is 2. The molecule has 3 aromatic rings. The number of benzene rings is 2. The Labute approximate surface area is 209 Å². The van der Waals surface area contributed by atoms with Gasteiger partial charge in [0.25, 0.3) is 0 Å². The first-order valence-corrected chi connectivity index (χ1v) is 12.4. The van der Waals surface area contributed by atoms with Gasteiger partial charge in [-0.15, -0.1) is 11.3 Å². The van der Waals surface area contributed by atoms with Gasteiger partial charge in [-0.25, -0.2) is 4.79 Å². The van der Waals surface area contributed by atoms with Gasteiger partial charge in [0, 0.05) is 47.8 Å². The molecule has 0 unspecified atom stereocenters. The second-order valence-electron chi connectivity index (χ2n) is 8.38. The zero-order chi connectivity index (χ0) is 24.2. The van der Waals surface area contributed by atoms with Crippen molar-refractivity contribution in [2.45, 2.75) is 13.8 Å². The first kappa shape index (κ1) is 24.3. The number of hydrogen-bond donors (Lipinski definition) is 1. The van der Waals surface area contributed by atoms with Crippen LogP contribution in [-0.2, 0) is 9.53 Å². The van der Waals surface area contributed by atoms with E-state index in [0.717, 1.165) is 31.7 Å². The number of hydrogen-bond acceptors (Lipinski definition) is 6. The van der Waals surface area contributed by atoms with Crippen molar-refractivity contribution in [1.29, 1.82) is 0 Å². The number of aryl methyl sites for hydroxylation is 1. The van der Waals surface area contributed by atoms with E-state index in [9.17, 15) is 9.59 Å². The summed E-state index contributed by atoms with van der Waals surface area (Å²) in [5.74, 6) is -0.626. The molecule has 1 N–H and O–H groups in total. The third kappa shape index (κ3) is 5.27. The number of halogens is 1. The average molecular weight is 498 g/mol. The number of rotatable bonds is 6. The zero-order valence-corrected chi connectivity index (χ0v) is 21.1. The first-order chi connectivity index (χ1) is 16.4. The average Bonchev–Trinajstić information content (AvgIpc) is 3.24. The van der Waals surface area contributed by atoms with Crippen molar-refractivity contribution in [2.75, 3.05) is 50.1 Å². The van der Waals surface area contributed by atoms with Crippen molar-refractivity contribution in [3.05, 3.63) is 69.6 Å². The van der Waals surface area contributed by atoms with Crippen LogP contribution in [0.15, 0.2) is 47.8 Å². The highest BCUT2D eigenvalue weighted by Crippen LogP contribution is 2.36. The summed E-state index contributed by atoms with van der Waals surface area (Å²) in [6.45, 7) is 7.88. The number of amides is 1. The molecule has 0 spiro atoms. The summed E-state index contributed by atoms with van der Waals surface area (Å²) in [6.07, 6.45) is 0. The molecular formula is C26H28ClN3O3S. The highest BCUT2D eigenvalue weighted by Gasteiger charge is 2.24. The Bertz CT molecular complexity index is 1180.